The lowest BCUT2D eigenvalue weighted by atomic mass is 10.0. The van der Waals surface area contributed by atoms with Crippen LogP contribution < -0.4 is 5.32 Å². The number of likely N-dealkylation sites (N-methyl/N-ethyl adjacent to an activating group) is 1. The molecule has 3 nitrogen and oxygen atoms in total. The van der Waals surface area contributed by atoms with E-state index < -0.39 is 0 Å². The minimum atomic E-state index is -0.0338. The van der Waals surface area contributed by atoms with Crippen molar-refractivity contribution in [3.63, 3.8) is 0 Å². The summed E-state index contributed by atoms with van der Waals surface area (Å²) in [6.45, 7) is 1.02. The number of halogens is 1. The lowest BCUT2D eigenvalue weighted by Crippen LogP contribution is -2.29. The van der Waals surface area contributed by atoms with Crippen LogP contribution in [0.4, 0.5) is 5.69 Å². The number of nitrogens with zero attached hydrogens (tertiary/aromatic N) is 1. The Balaban J connectivity index is 1.65. The third-order valence-corrected chi connectivity index (χ3v) is 4.97. The van der Waals surface area contributed by atoms with Crippen LogP contribution in [0.3, 0.4) is 0 Å². The lowest BCUT2D eigenvalue weighted by Gasteiger charge is -2.16. The van der Waals surface area contributed by atoms with Gasteiger partial charge in [-0.3, -0.25) is 9.69 Å². The largest absolute Gasteiger partial charge is 0.324 e. The summed E-state index contributed by atoms with van der Waals surface area (Å²) in [6.07, 6.45) is 0. The molecule has 0 aliphatic carbocycles. The predicted molar refractivity (Wildman–Crippen MR) is 106 cm³/mol. The minimum absolute atomic E-state index is 0.0338. The van der Waals surface area contributed by atoms with Crippen LogP contribution in [0.5, 0.6) is 0 Å². The monoisotopic (exact) mass is 370 g/mol. The first-order chi connectivity index (χ1) is 12.1. The average Bonchev–Trinajstić information content (AvgIpc) is 3.00. The molecule has 0 atom stereocenters. The molecule has 1 aromatic heterocycles. The van der Waals surface area contributed by atoms with E-state index in [2.05, 4.69) is 5.32 Å². The number of rotatable bonds is 6. The Labute approximate surface area is 156 Å². The molecule has 0 unspecified atom stereocenters. The summed E-state index contributed by atoms with van der Waals surface area (Å²) < 4.78 is 0.768. The van der Waals surface area contributed by atoms with Gasteiger partial charge in [-0.2, -0.15) is 0 Å². The van der Waals surface area contributed by atoms with Gasteiger partial charge < -0.3 is 5.32 Å². The Morgan fingerprint density at radius 3 is 2.48 bits per heavy atom. The molecule has 0 radical (unpaired) electrons. The summed E-state index contributed by atoms with van der Waals surface area (Å²) >= 11 is 7.49. The van der Waals surface area contributed by atoms with Gasteiger partial charge in [0.25, 0.3) is 0 Å². The molecule has 0 aliphatic rings. The van der Waals surface area contributed by atoms with E-state index in [4.69, 9.17) is 11.6 Å². The summed E-state index contributed by atoms with van der Waals surface area (Å²) in [5, 5.41) is 3.03. The SMILES string of the molecule is CN(CC(=O)Nc1ccccc1-c1ccccc1)Cc1ccc(Cl)s1. The molecule has 1 heterocycles. The van der Waals surface area contributed by atoms with Crippen LogP contribution >= 0.6 is 22.9 Å². The zero-order chi connectivity index (χ0) is 17.6. The van der Waals surface area contributed by atoms with Crippen LogP contribution in [0.1, 0.15) is 4.88 Å². The summed E-state index contributed by atoms with van der Waals surface area (Å²) in [5.74, 6) is -0.0338. The van der Waals surface area contributed by atoms with Crippen molar-refractivity contribution in [1.29, 1.82) is 0 Å². The number of benzene rings is 2. The number of anilines is 1. The van der Waals surface area contributed by atoms with Crippen molar-refractivity contribution in [2.75, 3.05) is 18.9 Å². The second kappa shape index (κ2) is 8.30. The maximum Gasteiger partial charge on any atom is 0.238 e. The van der Waals surface area contributed by atoms with Crippen LogP contribution in [0.2, 0.25) is 4.34 Å². The van der Waals surface area contributed by atoms with Crippen molar-refractivity contribution < 1.29 is 4.79 Å². The van der Waals surface area contributed by atoms with Crippen molar-refractivity contribution in [3.05, 3.63) is 75.9 Å². The van der Waals surface area contributed by atoms with Crippen molar-refractivity contribution in [2.24, 2.45) is 0 Å². The van der Waals surface area contributed by atoms with Crippen molar-refractivity contribution in [3.8, 4) is 11.1 Å². The first-order valence-corrected chi connectivity index (χ1v) is 9.18. The molecule has 0 saturated carbocycles. The van der Waals surface area contributed by atoms with E-state index in [0.717, 1.165) is 26.0 Å². The van der Waals surface area contributed by atoms with Gasteiger partial charge >= 0.3 is 0 Å². The molecule has 128 valence electrons. The Morgan fingerprint density at radius 2 is 1.76 bits per heavy atom. The molecule has 5 heteroatoms. The molecule has 0 aliphatic heterocycles. The predicted octanol–water partition coefficient (Wildman–Crippen LogP) is 5.14. The molecule has 0 bridgehead atoms. The van der Waals surface area contributed by atoms with Crippen molar-refractivity contribution in [2.45, 2.75) is 6.54 Å². The fraction of sp³-hybridized carbons (Fsp3) is 0.150. The van der Waals surface area contributed by atoms with Crippen LogP contribution in [0, 0.1) is 0 Å². The molecule has 0 saturated heterocycles. The maximum absolute atomic E-state index is 12.4. The Hall–Kier alpha value is -2.14. The smallest absolute Gasteiger partial charge is 0.238 e. The van der Waals surface area contributed by atoms with Gasteiger partial charge in [0.05, 0.1) is 10.9 Å². The number of hydrogen-bond donors (Lipinski definition) is 1. The van der Waals surface area contributed by atoms with E-state index in [0.29, 0.717) is 13.1 Å². The van der Waals surface area contributed by atoms with Crippen LogP contribution in [-0.2, 0) is 11.3 Å². The molecule has 1 N–H and O–H groups in total. The van der Waals surface area contributed by atoms with Gasteiger partial charge in [-0.1, -0.05) is 60.1 Å². The Morgan fingerprint density at radius 1 is 1.04 bits per heavy atom. The van der Waals surface area contributed by atoms with Gasteiger partial charge in [-0.25, -0.2) is 0 Å². The number of hydrogen-bond acceptors (Lipinski definition) is 3. The second-order valence-corrected chi connectivity index (χ2v) is 7.64. The number of amides is 1. The zero-order valence-corrected chi connectivity index (χ0v) is 15.5. The third-order valence-electron chi connectivity index (χ3n) is 3.75. The molecule has 0 spiro atoms. The molecule has 0 fully saturated rings. The topological polar surface area (TPSA) is 32.3 Å². The highest BCUT2D eigenvalue weighted by molar-refractivity contribution is 7.16. The average molecular weight is 371 g/mol. The van der Waals surface area contributed by atoms with E-state index in [1.165, 1.54) is 11.3 Å². The maximum atomic E-state index is 12.4. The van der Waals surface area contributed by atoms with E-state index in [1.54, 1.807) is 0 Å². The van der Waals surface area contributed by atoms with Crippen molar-refractivity contribution in [1.82, 2.24) is 4.90 Å². The molecule has 1 amide bonds. The Kier molecular flexibility index (Phi) is 5.87. The molecule has 3 rings (SSSR count). The first-order valence-electron chi connectivity index (χ1n) is 7.99. The highest BCUT2D eigenvalue weighted by Gasteiger charge is 2.11. The van der Waals surface area contributed by atoms with E-state index in [-0.39, 0.29) is 5.91 Å². The summed E-state index contributed by atoms with van der Waals surface area (Å²) in [5.41, 5.74) is 2.93. The van der Waals surface area contributed by atoms with Crippen LogP contribution in [0.25, 0.3) is 11.1 Å². The first kappa shape index (κ1) is 17.7. The van der Waals surface area contributed by atoms with Gasteiger partial charge in [0.1, 0.15) is 0 Å². The van der Waals surface area contributed by atoms with E-state index in [1.807, 2.05) is 78.7 Å². The van der Waals surface area contributed by atoms with E-state index in [9.17, 15) is 4.79 Å². The molecule has 25 heavy (non-hydrogen) atoms. The number of thiophene rings is 1. The minimum Gasteiger partial charge on any atom is -0.324 e. The number of nitrogens with one attached hydrogen (secondary N) is 1. The molecular formula is C20H19ClN2OS. The van der Waals surface area contributed by atoms with Gasteiger partial charge in [0.15, 0.2) is 0 Å². The molecule has 3 aromatic rings. The zero-order valence-electron chi connectivity index (χ0n) is 13.9. The standard InChI is InChI=1S/C20H19ClN2OS/c1-23(13-16-11-12-19(21)25-16)14-20(24)22-18-10-6-5-9-17(18)15-7-3-2-4-8-15/h2-12H,13-14H2,1H3,(H,22,24). The fourth-order valence-electron chi connectivity index (χ4n) is 2.66. The fourth-order valence-corrected chi connectivity index (χ4v) is 3.82. The van der Waals surface area contributed by atoms with Gasteiger partial charge in [-0.15, -0.1) is 11.3 Å². The van der Waals surface area contributed by atoms with Crippen molar-refractivity contribution >= 4 is 34.5 Å². The highest BCUT2D eigenvalue weighted by atomic mass is 35.5. The number of para-hydroxylation sites is 1. The third kappa shape index (κ3) is 4.92. The molecular weight excluding hydrogens is 352 g/mol. The summed E-state index contributed by atoms with van der Waals surface area (Å²) in [7, 11) is 1.93. The summed E-state index contributed by atoms with van der Waals surface area (Å²) in [4.78, 5) is 15.5. The number of carbonyl (C=O) groups excluding carboxylic acids is 1. The van der Waals surface area contributed by atoms with Gasteiger partial charge in [-0.05, 0) is 30.8 Å². The van der Waals surface area contributed by atoms with Crippen LogP contribution in [0.15, 0.2) is 66.7 Å². The van der Waals surface area contributed by atoms with E-state index >= 15 is 0 Å². The van der Waals surface area contributed by atoms with Gasteiger partial charge in [0, 0.05) is 22.7 Å². The van der Waals surface area contributed by atoms with Gasteiger partial charge in [0.2, 0.25) is 5.91 Å². The van der Waals surface area contributed by atoms with Crippen LogP contribution in [-0.4, -0.2) is 24.4 Å². The summed E-state index contributed by atoms with van der Waals surface area (Å²) in [6, 6.07) is 21.8. The molecule has 2 aromatic carbocycles. The second-order valence-electron chi connectivity index (χ2n) is 5.84. The number of carbonyl (C=O) groups is 1. The quantitative estimate of drug-likeness (QED) is 0.651. The lowest BCUT2D eigenvalue weighted by molar-refractivity contribution is -0.117. The normalized spacial score (nSPS) is 10.8. The Bertz CT molecular complexity index is 848. The highest BCUT2D eigenvalue weighted by Crippen LogP contribution is 2.27.